The first-order valence-corrected chi connectivity index (χ1v) is 11.1. The van der Waals surface area contributed by atoms with Crippen LogP contribution in [-0.4, -0.2) is 12.7 Å². The van der Waals surface area contributed by atoms with Crippen LogP contribution in [0.3, 0.4) is 0 Å². The average Bonchev–Trinajstić information content (AvgIpc) is 3.04. The molecule has 1 heterocycles. The predicted octanol–water partition coefficient (Wildman–Crippen LogP) is 7.22. The van der Waals surface area contributed by atoms with Gasteiger partial charge >= 0.3 is 7.69 Å². The molecule has 0 amide bonds. The molecule has 0 atom stereocenters. The first-order chi connectivity index (χ1) is 14.1. The Bertz CT molecular complexity index is 1190. The van der Waals surface area contributed by atoms with Crippen molar-refractivity contribution in [2.75, 3.05) is 0 Å². The molecule has 0 fully saturated rings. The fraction of sp³-hybridized carbons (Fsp3) is 0.308. The standard InChI is InChI=1S/C26H28BO2S/c1-25(2,3)18-11-17(12-19(14-18)26(4,5)6)16-7-9-23-21(13-16)22-15-20(29-27-28)8-10-24(22)30-23/h7-15,28H,1-6H3. The second-order valence-electron chi connectivity index (χ2n) is 9.99. The Morgan fingerprint density at radius 3 is 1.83 bits per heavy atom. The second-order valence-corrected chi connectivity index (χ2v) is 11.1. The fourth-order valence-electron chi connectivity index (χ4n) is 3.73. The van der Waals surface area contributed by atoms with Crippen LogP contribution in [0.25, 0.3) is 31.3 Å². The summed E-state index contributed by atoms with van der Waals surface area (Å²) in [5.74, 6) is 0.639. The molecule has 4 aromatic rings. The lowest BCUT2D eigenvalue weighted by Crippen LogP contribution is -2.16. The Hall–Kier alpha value is -2.30. The monoisotopic (exact) mass is 415 g/mol. The van der Waals surface area contributed by atoms with Crippen LogP contribution < -0.4 is 4.65 Å². The third-order valence-corrected chi connectivity index (χ3v) is 6.78. The van der Waals surface area contributed by atoms with Crippen molar-refractivity contribution >= 4 is 39.2 Å². The molecular weight excluding hydrogens is 387 g/mol. The van der Waals surface area contributed by atoms with Gasteiger partial charge in [0.05, 0.1) is 0 Å². The number of fused-ring (bicyclic) bond motifs is 3. The molecule has 1 aromatic heterocycles. The van der Waals surface area contributed by atoms with E-state index in [4.69, 9.17) is 9.68 Å². The summed E-state index contributed by atoms with van der Waals surface area (Å²) in [6.07, 6.45) is 0. The van der Waals surface area contributed by atoms with Gasteiger partial charge in [-0.2, -0.15) is 0 Å². The van der Waals surface area contributed by atoms with Gasteiger partial charge in [0.15, 0.2) is 0 Å². The second kappa shape index (κ2) is 7.44. The van der Waals surface area contributed by atoms with Crippen LogP contribution >= 0.6 is 11.3 Å². The van der Waals surface area contributed by atoms with Crippen molar-refractivity contribution < 1.29 is 9.68 Å². The highest BCUT2D eigenvalue weighted by Crippen LogP contribution is 2.39. The molecular formula is C26H28BO2S. The van der Waals surface area contributed by atoms with Crippen molar-refractivity contribution in [3.8, 4) is 16.9 Å². The lowest BCUT2D eigenvalue weighted by Gasteiger charge is -2.26. The van der Waals surface area contributed by atoms with Crippen LogP contribution in [0.2, 0.25) is 0 Å². The first kappa shape index (κ1) is 21.0. The smallest absolute Gasteiger partial charge is 0.537 e. The van der Waals surface area contributed by atoms with Gasteiger partial charge in [-0.3, -0.25) is 0 Å². The van der Waals surface area contributed by atoms with E-state index in [2.05, 4.69) is 84.0 Å². The number of rotatable bonds is 3. The van der Waals surface area contributed by atoms with Crippen molar-refractivity contribution in [1.82, 2.24) is 0 Å². The highest BCUT2D eigenvalue weighted by Gasteiger charge is 2.21. The first-order valence-electron chi connectivity index (χ1n) is 10.3. The van der Waals surface area contributed by atoms with E-state index in [0.717, 1.165) is 13.1 Å². The van der Waals surface area contributed by atoms with E-state index in [1.807, 2.05) is 12.1 Å². The molecule has 0 aliphatic heterocycles. The summed E-state index contributed by atoms with van der Waals surface area (Å²) >= 11 is 1.78. The minimum atomic E-state index is 0.0855. The summed E-state index contributed by atoms with van der Waals surface area (Å²) in [5.41, 5.74) is 5.36. The van der Waals surface area contributed by atoms with E-state index in [1.54, 1.807) is 11.3 Å². The number of thiophene rings is 1. The maximum atomic E-state index is 8.99. The van der Waals surface area contributed by atoms with Gasteiger partial charge in [0, 0.05) is 20.2 Å². The third kappa shape index (κ3) is 3.99. The predicted molar refractivity (Wildman–Crippen MR) is 131 cm³/mol. The Labute approximate surface area is 183 Å². The molecule has 1 N–H and O–H groups in total. The summed E-state index contributed by atoms with van der Waals surface area (Å²) in [4.78, 5) is 0. The molecule has 4 heteroatoms. The van der Waals surface area contributed by atoms with Crippen molar-refractivity contribution in [3.05, 3.63) is 65.7 Å². The SMILES string of the molecule is CC(C)(C)c1cc(-c2ccc3sc4ccc(O[B]O)cc4c3c2)cc(C(C)(C)C)c1. The Morgan fingerprint density at radius 2 is 1.27 bits per heavy atom. The highest BCUT2D eigenvalue weighted by molar-refractivity contribution is 7.25. The quantitative estimate of drug-likeness (QED) is 0.358. The zero-order valence-electron chi connectivity index (χ0n) is 18.5. The number of hydrogen-bond donors (Lipinski definition) is 1. The van der Waals surface area contributed by atoms with Gasteiger partial charge in [0.1, 0.15) is 5.75 Å². The van der Waals surface area contributed by atoms with Crippen LogP contribution in [0.1, 0.15) is 52.7 Å². The average molecular weight is 415 g/mol. The van der Waals surface area contributed by atoms with Gasteiger partial charge in [0.2, 0.25) is 0 Å². The van der Waals surface area contributed by atoms with E-state index < -0.39 is 0 Å². The largest absolute Gasteiger partial charge is 0.569 e. The normalized spacial score (nSPS) is 12.5. The molecule has 153 valence electrons. The Kier molecular flexibility index (Phi) is 5.20. The lowest BCUT2D eigenvalue weighted by atomic mass is 9.79. The topological polar surface area (TPSA) is 29.5 Å². The minimum Gasteiger partial charge on any atom is -0.537 e. The molecule has 4 rings (SSSR count). The van der Waals surface area contributed by atoms with Crippen LogP contribution in [0, 0.1) is 0 Å². The molecule has 2 nitrogen and oxygen atoms in total. The van der Waals surface area contributed by atoms with E-state index in [0.29, 0.717) is 5.75 Å². The fourth-order valence-corrected chi connectivity index (χ4v) is 4.80. The molecule has 0 aliphatic rings. The number of hydrogen-bond acceptors (Lipinski definition) is 3. The molecule has 0 aliphatic carbocycles. The maximum absolute atomic E-state index is 8.99. The zero-order chi connectivity index (χ0) is 21.7. The zero-order valence-corrected chi connectivity index (χ0v) is 19.4. The van der Waals surface area contributed by atoms with E-state index in [-0.39, 0.29) is 10.8 Å². The van der Waals surface area contributed by atoms with Crippen molar-refractivity contribution in [2.24, 2.45) is 0 Å². The molecule has 1 radical (unpaired) electrons. The van der Waals surface area contributed by atoms with Gasteiger partial charge in [-0.25, -0.2) is 0 Å². The molecule has 0 unspecified atom stereocenters. The molecule has 0 spiro atoms. The van der Waals surface area contributed by atoms with E-state index in [1.165, 1.54) is 37.0 Å². The molecule has 0 saturated heterocycles. The van der Waals surface area contributed by atoms with E-state index >= 15 is 0 Å². The van der Waals surface area contributed by atoms with Gasteiger partial charge < -0.3 is 9.68 Å². The maximum Gasteiger partial charge on any atom is 0.569 e. The molecule has 0 bridgehead atoms. The van der Waals surface area contributed by atoms with Crippen LogP contribution in [0.5, 0.6) is 5.75 Å². The summed E-state index contributed by atoms with van der Waals surface area (Å²) in [6, 6.07) is 19.7. The van der Waals surface area contributed by atoms with Crippen LogP contribution in [0.15, 0.2) is 54.6 Å². The summed E-state index contributed by atoms with van der Waals surface area (Å²) < 4.78 is 7.65. The minimum absolute atomic E-state index is 0.0855. The summed E-state index contributed by atoms with van der Waals surface area (Å²) in [7, 11) is 0.729. The van der Waals surface area contributed by atoms with Crippen molar-refractivity contribution in [2.45, 2.75) is 52.4 Å². The van der Waals surface area contributed by atoms with Crippen LogP contribution in [-0.2, 0) is 10.8 Å². The third-order valence-electron chi connectivity index (χ3n) is 5.63. The lowest BCUT2D eigenvalue weighted by molar-refractivity contribution is 0.454. The van der Waals surface area contributed by atoms with Crippen molar-refractivity contribution in [3.63, 3.8) is 0 Å². The van der Waals surface area contributed by atoms with Gasteiger partial charge in [0.25, 0.3) is 0 Å². The van der Waals surface area contributed by atoms with E-state index in [9.17, 15) is 0 Å². The van der Waals surface area contributed by atoms with Gasteiger partial charge in [-0.15, -0.1) is 11.3 Å². The Balaban J connectivity index is 1.92. The summed E-state index contributed by atoms with van der Waals surface area (Å²) in [5, 5.41) is 11.4. The highest BCUT2D eigenvalue weighted by atomic mass is 32.1. The number of benzene rings is 3. The van der Waals surface area contributed by atoms with Gasteiger partial charge in [-0.1, -0.05) is 65.8 Å². The van der Waals surface area contributed by atoms with Gasteiger partial charge in [-0.05, 0) is 63.4 Å². The summed E-state index contributed by atoms with van der Waals surface area (Å²) in [6.45, 7) is 13.6. The van der Waals surface area contributed by atoms with Crippen molar-refractivity contribution in [1.29, 1.82) is 0 Å². The van der Waals surface area contributed by atoms with Crippen LogP contribution in [0.4, 0.5) is 0 Å². The molecule has 0 saturated carbocycles. The Morgan fingerprint density at radius 1 is 0.700 bits per heavy atom. The molecule has 3 aromatic carbocycles. The molecule has 30 heavy (non-hydrogen) atoms.